The fourth-order valence-corrected chi connectivity index (χ4v) is 6.13. The van der Waals surface area contributed by atoms with Crippen molar-refractivity contribution in [2.75, 3.05) is 33.4 Å². The molecule has 12 atom stereocenters. The van der Waals surface area contributed by atoms with Gasteiger partial charge in [0.15, 0.2) is 12.6 Å². The van der Waals surface area contributed by atoms with Gasteiger partial charge in [0.1, 0.15) is 41.5 Å². The first-order valence-electron chi connectivity index (χ1n) is 14.6. The molecule has 4 rings (SSSR count). The molecule has 0 aromatic carbocycles. The highest BCUT2D eigenvalue weighted by molar-refractivity contribution is 5.89. The zero-order valence-electron chi connectivity index (χ0n) is 24.0. The number of hydrogen-bond acceptors (Lipinski definition) is 14. The van der Waals surface area contributed by atoms with Crippen LogP contribution in [0.2, 0.25) is 0 Å². The Morgan fingerprint density at radius 1 is 1.05 bits per heavy atom. The number of aliphatic imine (C=N–C) groups is 1. The molecule has 4 fully saturated rings. The second-order valence-corrected chi connectivity index (χ2v) is 12.1. The fraction of sp³-hybridized carbons (Fsp3) is 0.962. The van der Waals surface area contributed by atoms with E-state index in [0.29, 0.717) is 38.8 Å². The highest BCUT2D eigenvalue weighted by atomic mass is 16.7. The van der Waals surface area contributed by atoms with E-state index in [1.54, 1.807) is 14.0 Å². The lowest BCUT2D eigenvalue weighted by atomic mass is 9.78. The Balaban J connectivity index is 1.53. The summed E-state index contributed by atoms with van der Waals surface area (Å²) in [5.74, 6) is 0.0399. The van der Waals surface area contributed by atoms with Crippen LogP contribution in [0.1, 0.15) is 45.4 Å². The molecule has 13 N–H and O–H groups in total. The molecule has 2 heterocycles. The molecular weight excluding hydrogens is 540 g/mol. The molecule has 0 aromatic rings. The molecule has 0 amide bonds. The number of nitrogens with zero attached hydrogens (tertiary/aromatic N) is 1. The minimum absolute atomic E-state index is 0.00819. The van der Waals surface area contributed by atoms with Gasteiger partial charge in [0.2, 0.25) is 0 Å². The van der Waals surface area contributed by atoms with Crippen LogP contribution in [-0.2, 0) is 18.9 Å². The predicted octanol–water partition coefficient (Wildman–Crippen LogP) is -4.04. The van der Waals surface area contributed by atoms with Crippen molar-refractivity contribution in [1.82, 2.24) is 10.6 Å². The Bertz CT molecular complexity index is 880. The SMILES string of the molecule is CNC1C(O)C(OC2C(N=C(N)C3(O)CCC3)CC(N)C(OC3OC(CNCCO)CCC3N)C2O)OCC1(C)O. The van der Waals surface area contributed by atoms with Gasteiger partial charge < -0.3 is 72.3 Å². The van der Waals surface area contributed by atoms with E-state index in [1.807, 2.05) is 0 Å². The Hall–Kier alpha value is -1.05. The quantitative estimate of drug-likeness (QED) is 0.0625. The van der Waals surface area contributed by atoms with Crippen molar-refractivity contribution in [2.45, 2.75) is 124 Å². The minimum atomic E-state index is -1.36. The number of nitrogens with two attached hydrogens (primary N) is 3. The van der Waals surface area contributed by atoms with Crippen LogP contribution >= 0.6 is 0 Å². The third-order valence-electron chi connectivity index (χ3n) is 8.83. The number of ether oxygens (including phenoxy) is 4. The summed E-state index contributed by atoms with van der Waals surface area (Å²) < 4.78 is 24.2. The summed E-state index contributed by atoms with van der Waals surface area (Å²) in [6.07, 6.45) is -3.67. The fourth-order valence-electron chi connectivity index (χ4n) is 6.13. The smallest absolute Gasteiger partial charge is 0.185 e. The van der Waals surface area contributed by atoms with Crippen molar-refractivity contribution in [3.8, 4) is 0 Å². The molecule has 2 aliphatic carbocycles. The molecule has 15 nitrogen and oxygen atoms in total. The van der Waals surface area contributed by atoms with Crippen molar-refractivity contribution in [3.63, 3.8) is 0 Å². The normalized spacial score (nSPS) is 45.3. The molecule has 41 heavy (non-hydrogen) atoms. The number of aliphatic hydroxyl groups excluding tert-OH is 3. The predicted molar refractivity (Wildman–Crippen MR) is 148 cm³/mol. The van der Waals surface area contributed by atoms with E-state index in [0.717, 1.165) is 6.42 Å². The van der Waals surface area contributed by atoms with E-state index in [4.69, 9.17) is 41.3 Å². The molecule has 0 spiro atoms. The first-order valence-corrected chi connectivity index (χ1v) is 14.6. The molecule has 238 valence electrons. The molecule has 4 aliphatic rings. The first kappa shape index (κ1) is 32.9. The molecule has 2 saturated heterocycles. The van der Waals surface area contributed by atoms with Gasteiger partial charge in [0, 0.05) is 19.1 Å². The number of hydrogen-bond donors (Lipinski definition) is 10. The lowest BCUT2D eigenvalue weighted by Gasteiger charge is -2.48. The van der Waals surface area contributed by atoms with Crippen LogP contribution in [0.3, 0.4) is 0 Å². The Kier molecular flexibility index (Phi) is 11.0. The summed E-state index contributed by atoms with van der Waals surface area (Å²) in [6, 6.07) is -2.73. The lowest BCUT2D eigenvalue weighted by molar-refractivity contribution is -0.306. The summed E-state index contributed by atoms with van der Waals surface area (Å²) in [6.45, 7) is 2.36. The molecule has 12 unspecified atom stereocenters. The van der Waals surface area contributed by atoms with E-state index in [2.05, 4.69) is 15.6 Å². The van der Waals surface area contributed by atoms with Crippen LogP contribution in [0.15, 0.2) is 4.99 Å². The highest BCUT2D eigenvalue weighted by Crippen LogP contribution is 2.36. The van der Waals surface area contributed by atoms with Crippen molar-refractivity contribution in [2.24, 2.45) is 22.2 Å². The van der Waals surface area contributed by atoms with Crippen molar-refractivity contribution in [3.05, 3.63) is 0 Å². The third kappa shape index (κ3) is 7.37. The maximum Gasteiger partial charge on any atom is 0.185 e. The minimum Gasteiger partial charge on any atom is -0.395 e. The van der Waals surface area contributed by atoms with Crippen LogP contribution in [0, 0.1) is 0 Å². The standard InChI is InChI=1S/C26H50N6O9/c1-25(36)12-38-23(18(35)21(25)30-2)41-20-16(32-24(29)26(37)6-3-7-26)10-15(28)19(17(20)34)40-22-14(27)5-4-13(39-22)11-31-8-9-33/h13-23,30-31,33-37H,3-12,27-28H2,1-2H3,(H2,29,32). The number of aliphatic hydroxyl groups is 5. The van der Waals surface area contributed by atoms with E-state index >= 15 is 0 Å². The van der Waals surface area contributed by atoms with E-state index in [-0.39, 0.29) is 31.6 Å². The molecule has 0 aromatic heterocycles. The van der Waals surface area contributed by atoms with Crippen LogP contribution in [0.25, 0.3) is 0 Å². The van der Waals surface area contributed by atoms with Crippen LogP contribution in [0.4, 0.5) is 0 Å². The Labute approximate surface area is 240 Å². The zero-order chi connectivity index (χ0) is 29.9. The number of nitrogens with one attached hydrogen (secondary N) is 2. The third-order valence-corrected chi connectivity index (χ3v) is 8.83. The Morgan fingerprint density at radius 2 is 1.76 bits per heavy atom. The average molecular weight is 591 g/mol. The summed E-state index contributed by atoms with van der Waals surface area (Å²) in [5.41, 5.74) is 16.5. The van der Waals surface area contributed by atoms with Crippen molar-refractivity contribution in [1.29, 1.82) is 0 Å². The van der Waals surface area contributed by atoms with Crippen LogP contribution in [-0.4, -0.2) is 143 Å². The van der Waals surface area contributed by atoms with Gasteiger partial charge in [-0.15, -0.1) is 0 Å². The summed E-state index contributed by atoms with van der Waals surface area (Å²) in [7, 11) is 1.61. The Morgan fingerprint density at radius 3 is 2.39 bits per heavy atom. The number of likely N-dealkylation sites (N-methyl/N-ethyl adjacent to an activating group) is 1. The summed E-state index contributed by atoms with van der Waals surface area (Å²) in [4.78, 5) is 4.56. The zero-order valence-corrected chi connectivity index (χ0v) is 24.0. The van der Waals surface area contributed by atoms with Gasteiger partial charge in [0.25, 0.3) is 0 Å². The maximum absolute atomic E-state index is 11.6. The highest BCUT2D eigenvalue weighted by Gasteiger charge is 2.52. The molecule has 15 heteroatoms. The van der Waals surface area contributed by atoms with Gasteiger partial charge in [-0.1, -0.05) is 0 Å². The molecule has 2 saturated carbocycles. The van der Waals surface area contributed by atoms with Gasteiger partial charge in [-0.2, -0.15) is 0 Å². The van der Waals surface area contributed by atoms with Crippen molar-refractivity contribution >= 4 is 5.84 Å². The van der Waals surface area contributed by atoms with Gasteiger partial charge in [0.05, 0.1) is 37.4 Å². The lowest BCUT2D eigenvalue weighted by Crippen LogP contribution is -2.68. The van der Waals surface area contributed by atoms with E-state index in [1.165, 1.54) is 0 Å². The van der Waals surface area contributed by atoms with Crippen molar-refractivity contribution < 1.29 is 44.5 Å². The van der Waals surface area contributed by atoms with Crippen LogP contribution in [0.5, 0.6) is 0 Å². The molecule has 0 bridgehead atoms. The molecule has 2 aliphatic heterocycles. The van der Waals surface area contributed by atoms with Crippen LogP contribution < -0.4 is 27.8 Å². The van der Waals surface area contributed by atoms with Gasteiger partial charge in [-0.05, 0) is 52.5 Å². The second-order valence-electron chi connectivity index (χ2n) is 12.1. The number of amidine groups is 1. The van der Waals surface area contributed by atoms with E-state index < -0.39 is 72.4 Å². The number of rotatable bonds is 11. The first-order chi connectivity index (χ1) is 19.4. The topological polar surface area (TPSA) is 253 Å². The van der Waals surface area contributed by atoms with E-state index in [9.17, 15) is 20.4 Å². The average Bonchev–Trinajstić information content (AvgIpc) is 2.90. The largest absolute Gasteiger partial charge is 0.395 e. The second kappa shape index (κ2) is 13.7. The molecule has 0 radical (unpaired) electrons. The monoisotopic (exact) mass is 590 g/mol. The molecular formula is C26H50N6O9. The van der Waals surface area contributed by atoms with Gasteiger partial charge in [-0.3, -0.25) is 4.99 Å². The maximum atomic E-state index is 11.6. The van der Waals surface area contributed by atoms with Gasteiger partial charge in [-0.25, -0.2) is 0 Å². The van der Waals surface area contributed by atoms with Gasteiger partial charge >= 0.3 is 0 Å². The summed E-state index contributed by atoms with van der Waals surface area (Å²) in [5, 5.41) is 59.1. The summed E-state index contributed by atoms with van der Waals surface area (Å²) >= 11 is 0.